The molecule has 0 aromatic rings. The van der Waals surface area contributed by atoms with E-state index in [-0.39, 0.29) is 5.88 Å². The van der Waals surface area contributed by atoms with E-state index in [0.29, 0.717) is 36.9 Å². The smallest absolute Gasteiger partial charge is 0.164 e. The summed E-state index contributed by atoms with van der Waals surface area (Å²) >= 11 is 2.06. The molecule has 17 nitrogen and oxygen atoms in total. The summed E-state index contributed by atoms with van der Waals surface area (Å²) < 4.78 is 47.8. The van der Waals surface area contributed by atoms with Gasteiger partial charge >= 0.3 is 0 Å². The Kier molecular flexibility index (Phi) is 114. The third kappa shape index (κ3) is 93.9. The van der Waals surface area contributed by atoms with Crippen molar-refractivity contribution in [3.8, 4) is 0 Å². The lowest BCUT2D eigenvalue weighted by Crippen LogP contribution is -2.42. The van der Waals surface area contributed by atoms with Gasteiger partial charge in [0, 0.05) is 104 Å². The van der Waals surface area contributed by atoms with E-state index in [1.54, 1.807) is 4.90 Å². The van der Waals surface area contributed by atoms with Gasteiger partial charge in [0.05, 0.1) is 30.5 Å². The number of likely N-dealkylation sites (N-methyl/N-ethyl adjacent to an activating group) is 3. The molecule has 0 aromatic carbocycles. The second-order valence-corrected chi connectivity index (χ2v) is 27.5. The van der Waals surface area contributed by atoms with Crippen molar-refractivity contribution in [3.05, 3.63) is 0 Å². The summed E-state index contributed by atoms with van der Waals surface area (Å²) in [6.07, 6.45) is 16.9. The number of thioether (sulfide) groups is 1. The van der Waals surface area contributed by atoms with Gasteiger partial charge in [-0.25, -0.2) is 21.8 Å². The second-order valence-electron chi connectivity index (χ2n) is 21.8. The number of likely N-dealkylation sites (tertiary alicyclic amines) is 4. The number of piperazine rings is 1. The zero-order chi connectivity index (χ0) is 73.5. The van der Waals surface area contributed by atoms with Crippen molar-refractivity contribution < 1.29 is 21.6 Å². The van der Waals surface area contributed by atoms with Gasteiger partial charge in [0.25, 0.3) is 0 Å². The highest BCUT2D eigenvalue weighted by atomic mass is 32.2. The zero-order valence-electron chi connectivity index (χ0n) is 68.7. The van der Waals surface area contributed by atoms with E-state index in [1.807, 2.05) is 157 Å². The third-order valence-electron chi connectivity index (χ3n) is 14.1. The van der Waals surface area contributed by atoms with E-state index in [4.69, 9.17) is 4.74 Å². The Morgan fingerprint density at radius 1 is 0.261 bits per heavy atom. The van der Waals surface area contributed by atoms with E-state index in [2.05, 4.69) is 125 Å². The molecule has 0 spiro atoms. The SMILES string of the molecule is CC.CC.CC.CC.CC.CC.CC.CC.CC.CC.CN1CCC1.CN1CCCC1.CN1CCCCC1.CN1CCCCCC1.CN1CCCCN1.CN1CCN(C)CC1.CN1CCOCC1.CN1CCS(=O)(=O)C1.CN1CCS(=O)(=O)CC1.CN1CCSCC1. The van der Waals surface area contributed by atoms with Crippen molar-refractivity contribution in [1.29, 1.82) is 0 Å². The summed E-state index contributed by atoms with van der Waals surface area (Å²) in [4.78, 5) is 22.7. The lowest BCUT2D eigenvalue weighted by Gasteiger charge is -2.28. The van der Waals surface area contributed by atoms with Crippen molar-refractivity contribution in [2.75, 3.05) is 263 Å². The fraction of sp³-hybridized carbons (Fsp3) is 1.00. The third-order valence-corrected chi connectivity index (χ3v) is 18.3. The maximum absolute atomic E-state index is 10.8. The molecule has 10 aliphatic heterocycles. The molecule has 0 unspecified atom stereocenters. The standard InChI is InChI=1S/C7H15N.C6H14N2.C6H13N.C5H12N2.C5H11NO2S.C5H11NO.C5H11NS.C5H11N.C4H9NO2S.C4H9N.10C2H6/c1-8-6-4-2-3-5-7-8;1-7-3-5-8(2)6-4-7;2*1-7-5-3-2-4-6-7;1-6-2-4-9(7,8)5-3-6;2*1-6-2-4-7-5-3-6;1-6-4-2-3-5-6;1-5-2-3-8(6,7)4-5;1-5-3-2-4-5;10*1-2/h2-7H2,1H3;3-6H2,1-2H3;2-6H2,1H3;6H,2-5H2,1H3;2-5H2,1H3;2*2-5H2,1H3;2-5H2,1H3;2-4H2,1H3;2-4H2,1H3;10*1-2H3. The molecule has 10 saturated heterocycles. The number of piperidine rings is 1. The summed E-state index contributed by atoms with van der Waals surface area (Å²) in [7, 11) is 17.9. The number of nitrogens with zero attached hydrogens (tertiary/aromatic N) is 11. The van der Waals surface area contributed by atoms with Crippen LogP contribution in [0.15, 0.2) is 0 Å². The molecular weight excluding hydrogens is 1210 g/mol. The topological polar surface area (TPSA) is 125 Å². The van der Waals surface area contributed by atoms with Gasteiger partial charge in [-0.2, -0.15) is 11.8 Å². The summed E-state index contributed by atoms with van der Waals surface area (Å²) in [5.74, 6) is 3.91. The first-order valence-corrected chi connectivity index (χ1v) is 42.9. The molecule has 10 heterocycles. The Hall–Kier alpha value is -0.270. The monoisotopic (exact) mass is 1390 g/mol. The summed E-state index contributed by atoms with van der Waals surface area (Å²) in [6, 6.07) is 0. The van der Waals surface area contributed by atoms with Gasteiger partial charge in [-0.15, -0.1) is 0 Å². The first-order valence-electron chi connectivity index (χ1n) is 38.1. The lowest BCUT2D eigenvalue weighted by molar-refractivity contribution is 0.0503. The Balaban J connectivity index is -0.0000000986. The van der Waals surface area contributed by atoms with Gasteiger partial charge < -0.3 is 48.8 Å². The second kappa shape index (κ2) is 92.8. The average molecular weight is 1390 g/mol. The summed E-state index contributed by atoms with van der Waals surface area (Å²) in [5.41, 5.74) is 3.22. The summed E-state index contributed by atoms with van der Waals surface area (Å²) in [5, 5.41) is 2.14. The van der Waals surface area contributed by atoms with Crippen LogP contribution >= 0.6 is 11.8 Å². The van der Waals surface area contributed by atoms with Crippen LogP contribution in [0.3, 0.4) is 0 Å². The van der Waals surface area contributed by atoms with Crippen molar-refractivity contribution in [1.82, 2.24) is 59.4 Å². The minimum Gasteiger partial charge on any atom is -0.379 e. The van der Waals surface area contributed by atoms with Crippen LogP contribution in [0.25, 0.3) is 0 Å². The fourth-order valence-corrected chi connectivity index (χ4v) is 12.2. The largest absolute Gasteiger partial charge is 0.379 e. The minimum absolute atomic E-state index is 0.243. The first-order chi connectivity index (χ1) is 44.2. The van der Waals surface area contributed by atoms with Gasteiger partial charge in [-0.1, -0.05) is 158 Å². The normalized spacial score (nSPS) is 21.1. The Morgan fingerprint density at radius 2 is 0.511 bits per heavy atom. The van der Waals surface area contributed by atoms with Gasteiger partial charge in [-0.05, 0) is 181 Å². The van der Waals surface area contributed by atoms with Crippen LogP contribution in [-0.4, -0.2) is 334 Å². The number of hydrogen-bond acceptors (Lipinski definition) is 18. The quantitative estimate of drug-likeness (QED) is 0.247. The van der Waals surface area contributed by atoms with E-state index in [0.717, 1.165) is 32.8 Å². The molecule has 10 fully saturated rings. The van der Waals surface area contributed by atoms with Crippen LogP contribution in [0.2, 0.25) is 0 Å². The number of nitrogens with one attached hydrogen (secondary N) is 1. The molecule has 0 amide bonds. The highest BCUT2D eigenvalue weighted by Crippen LogP contribution is 2.08. The maximum atomic E-state index is 10.8. The van der Waals surface area contributed by atoms with Crippen molar-refractivity contribution in [2.24, 2.45) is 0 Å². The van der Waals surface area contributed by atoms with Crippen molar-refractivity contribution >= 4 is 31.4 Å². The van der Waals surface area contributed by atoms with Gasteiger partial charge in [0.15, 0.2) is 19.7 Å². The molecule has 1 N–H and O–H groups in total. The van der Waals surface area contributed by atoms with Crippen molar-refractivity contribution in [3.63, 3.8) is 0 Å². The van der Waals surface area contributed by atoms with Crippen LogP contribution in [0, 0.1) is 0 Å². The molecule has 0 atom stereocenters. The highest BCUT2D eigenvalue weighted by Gasteiger charge is 2.21. The van der Waals surface area contributed by atoms with E-state index >= 15 is 0 Å². The molecule has 20 heteroatoms. The lowest BCUT2D eigenvalue weighted by atomic mass is 10.1. The fourth-order valence-electron chi connectivity index (χ4n) is 8.23. The predicted octanol–water partition coefficient (Wildman–Crippen LogP) is 13.2. The average Bonchev–Trinajstić information content (AvgIpc) is 2.18. The maximum Gasteiger partial charge on any atom is 0.164 e. The van der Waals surface area contributed by atoms with Crippen molar-refractivity contribution in [2.45, 2.75) is 216 Å². The number of rotatable bonds is 0. The number of sulfone groups is 2. The number of morpholine rings is 1. The van der Waals surface area contributed by atoms with Crippen LogP contribution in [-0.2, 0) is 24.4 Å². The van der Waals surface area contributed by atoms with Gasteiger partial charge in [-0.3, -0.25) is 10.3 Å². The van der Waals surface area contributed by atoms with Crippen LogP contribution in [0.4, 0.5) is 0 Å². The number of hydrazine groups is 1. The molecule has 0 aromatic heterocycles. The summed E-state index contributed by atoms with van der Waals surface area (Å²) in [6.45, 7) is 66.5. The Bertz CT molecular complexity index is 1350. The Labute approximate surface area is 587 Å². The molecule has 0 saturated carbocycles. The molecule has 92 heavy (non-hydrogen) atoms. The van der Waals surface area contributed by atoms with Crippen LogP contribution in [0.5, 0.6) is 0 Å². The number of hydrogen-bond donors (Lipinski definition) is 1. The van der Waals surface area contributed by atoms with E-state index in [1.165, 1.54) is 187 Å². The van der Waals surface area contributed by atoms with Crippen LogP contribution < -0.4 is 5.43 Å². The zero-order valence-corrected chi connectivity index (χ0v) is 71.1. The highest BCUT2D eigenvalue weighted by molar-refractivity contribution is 7.99. The molecule has 10 aliphatic rings. The Morgan fingerprint density at radius 3 is 0.696 bits per heavy atom. The van der Waals surface area contributed by atoms with Gasteiger partial charge in [0.2, 0.25) is 0 Å². The molecule has 10 rings (SSSR count). The molecule has 0 aliphatic carbocycles. The van der Waals surface area contributed by atoms with E-state index < -0.39 is 19.7 Å². The molecule has 0 radical (unpaired) electrons. The first kappa shape index (κ1) is 113. The molecule has 0 bridgehead atoms. The van der Waals surface area contributed by atoms with Crippen LogP contribution in [0.1, 0.15) is 216 Å². The van der Waals surface area contributed by atoms with Gasteiger partial charge in [0.1, 0.15) is 5.88 Å². The van der Waals surface area contributed by atoms with E-state index in [9.17, 15) is 16.8 Å². The molecular formula is C72H176N12O5S3. The molecule has 572 valence electrons. The minimum atomic E-state index is -2.67. The predicted molar refractivity (Wildman–Crippen MR) is 425 cm³/mol. The number of ether oxygens (including phenoxy) is 1.